The van der Waals surface area contributed by atoms with E-state index in [1.54, 1.807) is 14.0 Å². The van der Waals surface area contributed by atoms with Gasteiger partial charge in [-0.15, -0.1) is 0 Å². The van der Waals surface area contributed by atoms with Gasteiger partial charge in [0, 0.05) is 7.05 Å². The van der Waals surface area contributed by atoms with E-state index < -0.39 is 0 Å². The Kier molecular flexibility index (Phi) is 6.32. The Morgan fingerprint density at radius 3 is 2.69 bits per heavy atom. The second-order valence-electron chi connectivity index (χ2n) is 3.11. The molecule has 0 aliphatic rings. The van der Waals surface area contributed by atoms with E-state index in [2.05, 4.69) is 0 Å². The first-order valence-corrected chi connectivity index (χ1v) is 4.63. The van der Waals surface area contributed by atoms with Crippen LogP contribution in [0.25, 0.3) is 0 Å². The van der Waals surface area contributed by atoms with Gasteiger partial charge < -0.3 is 14.7 Å². The van der Waals surface area contributed by atoms with Gasteiger partial charge >= 0.3 is 6.09 Å². The van der Waals surface area contributed by atoms with E-state index in [9.17, 15) is 4.79 Å². The summed E-state index contributed by atoms with van der Waals surface area (Å²) in [5.74, 6) is 0. The van der Waals surface area contributed by atoms with Gasteiger partial charge in [-0.3, -0.25) is 0 Å². The van der Waals surface area contributed by atoms with Gasteiger partial charge in [0.2, 0.25) is 0 Å². The van der Waals surface area contributed by atoms with Crippen LogP contribution in [0.3, 0.4) is 0 Å². The van der Waals surface area contributed by atoms with Crippen LogP contribution < -0.4 is 0 Å². The minimum absolute atomic E-state index is 0.0423. The molecule has 0 aromatic carbocycles. The number of hydrogen-bond donors (Lipinski definition) is 1. The van der Waals surface area contributed by atoms with Crippen molar-refractivity contribution in [2.45, 2.75) is 32.7 Å². The molecule has 13 heavy (non-hydrogen) atoms. The lowest BCUT2D eigenvalue weighted by atomic mass is 10.3. The van der Waals surface area contributed by atoms with E-state index in [0.29, 0.717) is 6.61 Å². The molecule has 0 bridgehead atoms. The lowest BCUT2D eigenvalue weighted by Gasteiger charge is -2.22. The van der Waals surface area contributed by atoms with Crippen LogP contribution >= 0.6 is 0 Å². The lowest BCUT2D eigenvalue weighted by Crippen LogP contribution is -2.37. The van der Waals surface area contributed by atoms with Crippen LogP contribution in [0.1, 0.15) is 26.7 Å². The van der Waals surface area contributed by atoms with Crippen molar-refractivity contribution in [2.75, 3.05) is 20.3 Å². The van der Waals surface area contributed by atoms with Crippen molar-refractivity contribution in [3.8, 4) is 0 Å². The monoisotopic (exact) mass is 189 g/mol. The molecule has 1 amide bonds. The highest BCUT2D eigenvalue weighted by molar-refractivity contribution is 5.67. The third kappa shape index (κ3) is 4.72. The molecule has 78 valence electrons. The zero-order valence-electron chi connectivity index (χ0n) is 8.62. The molecule has 0 aliphatic heterocycles. The first-order valence-electron chi connectivity index (χ1n) is 4.63. The van der Waals surface area contributed by atoms with Crippen molar-refractivity contribution in [2.24, 2.45) is 0 Å². The minimum atomic E-state index is -0.366. The van der Waals surface area contributed by atoms with Gasteiger partial charge in [0.25, 0.3) is 0 Å². The van der Waals surface area contributed by atoms with Crippen molar-refractivity contribution in [3.63, 3.8) is 0 Å². The maximum Gasteiger partial charge on any atom is 0.409 e. The smallest absolute Gasteiger partial charge is 0.409 e. The summed E-state index contributed by atoms with van der Waals surface area (Å²) in [5.41, 5.74) is 0. The summed E-state index contributed by atoms with van der Waals surface area (Å²) in [6.45, 7) is 4.21. The standard InChI is InChI=1S/C9H19NO3/c1-4-5-6-13-9(12)10(3)8(2)7-11/h8,11H,4-7H2,1-3H3/t8-/m0/s1. The first-order chi connectivity index (χ1) is 6.13. The van der Waals surface area contributed by atoms with Gasteiger partial charge in [-0.25, -0.2) is 4.79 Å². The van der Waals surface area contributed by atoms with Gasteiger partial charge in [0.1, 0.15) is 0 Å². The number of hydrogen-bond acceptors (Lipinski definition) is 3. The van der Waals surface area contributed by atoms with Gasteiger partial charge in [-0.1, -0.05) is 13.3 Å². The number of carbonyl (C=O) groups is 1. The van der Waals surface area contributed by atoms with Gasteiger partial charge in [0.15, 0.2) is 0 Å². The quantitative estimate of drug-likeness (QED) is 0.662. The minimum Gasteiger partial charge on any atom is -0.449 e. The third-order valence-corrected chi connectivity index (χ3v) is 1.94. The molecule has 0 aromatic rings. The summed E-state index contributed by atoms with van der Waals surface area (Å²) in [6.07, 6.45) is 1.52. The molecule has 0 rings (SSSR count). The Hall–Kier alpha value is -0.770. The second kappa shape index (κ2) is 6.71. The number of nitrogens with zero attached hydrogens (tertiary/aromatic N) is 1. The molecule has 0 saturated carbocycles. The highest BCUT2D eigenvalue weighted by atomic mass is 16.6. The fourth-order valence-electron chi connectivity index (χ4n) is 0.708. The Labute approximate surface area is 79.5 Å². The average molecular weight is 189 g/mol. The van der Waals surface area contributed by atoms with Crippen LogP contribution in [0.2, 0.25) is 0 Å². The lowest BCUT2D eigenvalue weighted by molar-refractivity contribution is 0.0844. The van der Waals surface area contributed by atoms with Crippen LogP contribution in [0.15, 0.2) is 0 Å². The number of aliphatic hydroxyl groups is 1. The first kappa shape index (κ1) is 12.2. The van der Waals surface area contributed by atoms with Crippen LogP contribution in [-0.2, 0) is 4.74 Å². The summed E-state index contributed by atoms with van der Waals surface area (Å²) >= 11 is 0. The molecular weight excluding hydrogens is 170 g/mol. The summed E-state index contributed by atoms with van der Waals surface area (Å²) in [5, 5.41) is 8.78. The molecule has 0 spiro atoms. The molecule has 0 radical (unpaired) electrons. The second-order valence-corrected chi connectivity index (χ2v) is 3.11. The van der Waals surface area contributed by atoms with E-state index in [1.165, 1.54) is 4.90 Å². The Morgan fingerprint density at radius 1 is 1.62 bits per heavy atom. The normalized spacial score (nSPS) is 12.3. The predicted octanol–water partition coefficient (Wildman–Crippen LogP) is 1.24. The Bertz CT molecular complexity index is 150. The molecular formula is C9H19NO3. The fraction of sp³-hybridized carbons (Fsp3) is 0.889. The zero-order chi connectivity index (χ0) is 10.3. The van der Waals surface area contributed by atoms with Gasteiger partial charge in [0.05, 0.1) is 19.3 Å². The maximum absolute atomic E-state index is 11.2. The van der Waals surface area contributed by atoms with E-state index >= 15 is 0 Å². The van der Waals surface area contributed by atoms with Crippen LogP contribution in [-0.4, -0.2) is 42.4 Å². The molecule has 0 heterocycles. The number of amides is 1. The molecule has 1 N–H and O–H groups in total. The number of unbranched alkanes of at least 4 members (excludes halogenated alkanes) is 1. The Balaban J connectivity index is 3.69. The van der Waals surface area contributed by atoms with Gasteiger partial charge in [-0.05, 0) is 13.3 Å². The maximum atomic E-state index is 11.2. The molecule has 1 atom stereocenters. The van der Waals surface area contributed by atoms with Crippen molar-refractivity contribution in [1.82, 2.24) is 4.90 Å². The molecule has 0 unspecified atom stereocenters. The number of rotatable bonds is 5. The molecule has 0 aliphatic carbocycles. The van der Waals surface area contributed by atoms with Crippen molar-refractivity contribution in [3.05, 3.63) is 0 Å². The van der Waals surface area contributed by atoms with Crippen LogP contribution in [0, 0.1) is 0 Å². The number of ether oxygens (including phenoxy) is 1. The number of carbonyl (C=O) groups excluding carboxylic acids is 1. The topological polar surface area (TPSA) is 49.8 Å². The summed E-state index contributed by atoms with van der Waals surface area (Å²) in [4.78, 5) is 12.6. The van der Waals surface area contributed by atoms with Crippen molar-refractivity contribution < 1.29 is 14.6 Å². The molecule has 0 saturated heterocycles. The van der Waals surface area contributed by atoms with E-state index in [-0.39, 0.29) is 18.7 Å². The number of likely N-dealkylation sites (N-methyl/N-ethyl adjacent to an activating group) is 1. The van der Waals surface area contributed by atoms with Crippen LogP contribution in [0.5, 0.6) is 0 Å². The molecule has 0 aromatic heterocycles. The highest BCUT2D eigenvalue weighted by Crippen LogP contribution is 1.99. The SMILES string of the molecule is CCCCOC(=O)N(C)[C@@H](C)CO. The highest BCUT2D eigenvalue weighted by Gasteiger charge is 2.15. The average Bonchev–Trinajstić information content (AvgIpc) is 2.15. The van der Waals surface area contributed by atoms with Gasteiger partial charge in [-0.2, -0.15) is 0 Å². The largest absolute Gasteiger partial charge is 0.449 e. The van der Waals surface area contributed by atoms with Crippen molar-refractivity contribution >= 4 is 6.09 Å². The van der Waals surface area contributed by atoms with Crippen molar-refractivity contribution in [1.29, 1.82) is 0 Å². The third-order valence-electron chi connectivity index (χ3n) is 1.94. The fourth-order valence-corrected chi connectivity index (χ4v) is 0.708. The summed E-state index contributed by atoms with van der Waals surface area (Å²) < 4.78 is 4.94. The zero-order valence-corrected chi connectivity index (χ0v) is 8.62. The Morgan fingerprint density at radius 2 is 2.23 bits per heavy atom. The molecule has 0 fully saturated rings. The molecule has 4 heteroatoms. The summed E-state index contributed by atoms with van der Waals surface area (Å²) in [7, 11) is 1.62. The van der Waals surface area contributed by atoms with E-state index in [0.717, 1.165) is 12.8 Å². The van der Waals surface area contributed by atoms with E-state index in [1.807, 2.05) is 6.92 Å². The van der Waals surface area contributed by atoms with E-state index in [4.69, 9.17) is 9.84 Å². The predicted molar refractivity (Wildman–Crippen MR) is 50.6 cm³/mol. The molecule has 4 nitrogen and oxygen atoms in total. The number of aliphatic hydroxyl groups excluding tert-OH is 1. The van der Waals surface area contributed by atoms with Crippen LogP contribution in [0.4, 0.5) is 4.79 Å². The summed E-state index contributed by atoms with van der Waals surface area (Å²) in [6, 6.07) is -0.186.